The van der Waals surface area contributed by atoms with Gasteiger partial charge in [0.05, 0.1) is 19.3 Å². The SMILES string of the molecule is O=C(c1csc(-c2cnccn2)n1)N1CCOc2cccc(Br)c2C1. The van der Waals surface area contributed by atoms with Gasteiger partial charge in [0.25, 0.3) is 5.91 Å². The molecule has 0 bridgehead atoms. The maximum atomic E-state index is 12.9. The number of rotatable bonds is 2. The van der Waals surface area contributed by atoms with Crippen molar-refractivity contribution in [2.45, 2.75) is 6.54 Å². The first kappa shape index (κ1) is 16.2. The second-order valence-corrected chi connectivity index (χ2v) is 7.13. The van der Waals surface area contributed by atoms with Gasteiger partial charge in [0.2, 0.25) is 0 Å². The molecule has 1 amide bonds. The lowest BCUT2D eigenvalue weighted by Crippen LogP contribution is -2.32. The summed E-state index contributed by atoms with van der Waals surface area (Å²) >= 11 is 4.92. The molecule has 6 nitrogen and oxygen atoms in total. The van der Waals surface area contributed by atoms with Crippen LogP contribution in [0.2, 0.25) is 0 Å². The largest absolute Gasteiger partial charge is 0.491 e. The lowest BCUT2D eigenvalue weighted by Gasteiger charge is -2.19. The van der Waals surface area contributed by atoms with Crippen LogP contribution in [0, 0.1) is 0 Å². The highest BCUT2D eigenvalue weighted by atomic mass is 79.9. The molecule has 8 heteroatoms. The number of hydrogen-bond donors (Lipinski definition) is 0. The predicted octanol–water partition coefficient (Wildman–Crippen LogP) is 3.40. The highest BCUT2D eigenvalue weighted by molar-refractivity contribution is 9.10. The molecule has 1 aliphatic heterocycles. The number of aromatic nitrogens is 3. The molecule has 0 spiro atoms. The Balaban J connectivity index is 1.59. The summed E-state index contributed by atoms with van der Waals surface area (Å²) in [6.45, 7) is 1.45. The summed E-state index contributed by atoms with van der Waals surface area (Å²) in [6, 6.07) is 5.79. The Bertz CT molecular complexity index is 916. The van der Waals surface area contributed by atoms with Gasteiger partial charge in [0.15, 0.2) is 0 Å². The maximum absolute atomic E-state index is 12.9. The van der Waals surface area contributed by atoms with Crippen LogP contribution in [0.5, 0.6) is 5.75 Å². The summed E-state index contributed by atoms with van der Waals surface area (Å²) in [5, 5.41) is 2.45. The van der Waals surface area contributed by atoms with Crippen molar-refractivity contribution in [2.75, 3.05) is 13.2 Å². The molecule has 0 radical (unpaired) electrons. The molecule has 0 atom stereocenters. The second-order valence-electron chi connectivity index (χ2n) is 5.42. The second kappa shape index (κ2) is 6.89. The lowest BCUT2D eigenvalue weighted by molar-refractivity contribution is 0.0728. The summed E-state index contributed by atoms with van der Waals surface area (Å²) in [5.41, 5.74) is 2.05. The maximum Gasteiger partial charge on any atom is 0.273 e. The van der Waals surface area contributed by atoms with Gasteiger partial charge in [-0.25, -0.2) is 4.98 Å². The Labute approximate surface area is 156 Å². The minimum absolute atomic E-state index is 0.112. The Morgan fingerprint density at radius 3 is 3.08 bits per heavy atom. The molecule has 0 saturated heterocycles. The predicted molar refractivity (Wildman–Crippen MR) is 97.5 cm³/mol. The van der Waals surface area contributed by atoms with Crippen LogP contribution < -0.4 is 4.74 Å². The van der Waals surface area contributed by atoms with Crippen molar-refractivity contribution in [3.63, 3.8) is 0 Å². The van der Waals surface area contributed by atoms with E-state index in [0.717, 1.165) is 15.8 Å². The molecule has 3 aromatic rings. The topological polar surface area (TPSA) is 68.2 Å². The number of benzene rings is 1. The number of hydrogen-bond acceptors (Lipinski definition) is 6. The summed E-state index contributed by atoms with van der Waals surface area (Å²) in [6.07, 6.45) is 4.86. The van der Waals surface area contributed by atoms with Crippen molar-refractivity contribution in [1.82, 2.24) is 19.9 Å². The standard InChI is InChI=1S/C17H13BrN4O2S/c18-12-2-1-3-15-11(12)9-22(6-7-24-15)17(23)14-10-25-16(21-14)13-8-19-4-5-20-13/h1-5,8,10H,6-7,9H2. The van der Waals surface area contributed by atoms with Gasteiger partial charge in [0, 0.05) is 27.8 Å². The minimum Gasteiger partial charge on any atom is -0.491 e. The molecule has 126 valence electrons. The number of carbonyl (C=O) groups excluding carboxylic acids is 1. The van der Waals surface area contributed by atoms with Crippen LogP contribution in [-0.2, 0) is 6.54 Å². The first-order valence-corrected chi connectivity index (χ1v) is 9.31. The third-order valence-electron chi connectivity index (χ3n) is 3.84. The van der Waals surface area contributed by atoms with Gasteiger partial charge in [-0.3, -0.25) is 14.8 Å². The zero-order chi connectivity index (χ0) is 17.2. The van der Waals surface area contributed by atoms with Gasteiger partial charge in [-0.15, -0.1) is 11.3 Å². The van der Waals surface area contributed by atoms with Crippen molar-refractivity contribution in [1.29, 1.82) is 0 Å². The summed E-state index contributed by atoms with van der Waals surface area (Å²) in [5.74, 6) is 0.696. The number of nitrogens with zero attached hydrogens (tertiary/aromatic N) is 4. The summed E-state index contributed by atoms with van der Waals surface area (Å²) in [7, 11) is 0. The fourth-order valence-electron chi connectivity index (χ4n) is 2.60. The molecule has 1 aromatic carbocycles. The van der Waals surface area contributed by atoms with Crippen LogP contribution in [-0.4, -0.2) is 38.9 Å². The molecule has 0 unspecified atom stereocenters. The molecular formula is C17H13BrN4O2S. The molecule has 2 aromatic heterocycles. The van der Waals surface area contributed by atoms with Gasteiger partial charge in [-0.1, -0.05) is 22.0 Å². The molecule has 0 saturated carbocycles. The summed E-state index contributed by atoms with van der Waals surface area (Å²) < 4.78 is 6.69. The smallest absolute Gasteiger partial charge is 0.273 e. The highest BCUT2D eigenvalue weighted by Crippen LogP contribution is 2.30. The third-order valence-corrected chi connectivity index (χ3v) is 5.44. The van der Waals surface area contributed by atoms with E-state index in [1.165, 1.54) is 11.3 Å². The fourth-order valence-corrected chi connectivity index (χ4v) is 3.83. The quantitative estimate of drug-likeness (QED) is 0.640. The van der Waals surface area contributed by atoms with E-state index in [1.54, 1.807) is 28.9 Å². The van der Waals surface area contributed by atoms with Gasteiger partial charge in [-0.2, -0.15) is 0 Å². The third kappa shape index (κ3) is 3.27. The van der Waals surface area contributed by atoms with Crippen LogP contribution in [0.3, 0.4) is 0 Å². The van der Waals surface area contributed by atoms with E-state index >= 15 is 0 Å². The van der Waals surface area contributed by atoms with Crippen LogP contribution >= 0.6 is 27.3 Å². The average Bonchev–Trinajstić information content (AvgIpc) is 3.03. The molecular weight excluding hydrogens is 404 g/mol. The monoisotopic (exact) mass is 416 g/mol. The number of carbonyl (C=O) groups is 1. The van der Waals surface area contributed by atoms with E-state index in [1.807, 2.05) is 18.2 Å². The van der Waals surface area contributed by atoms with Crippen molar-refractivity contribution in [2.24, 2.45) is 0 Å². The molecule has 25 heavy (non-hydrogen) atoms. The number of amides is 1. The van der Waals surface area contributed by atoms with Crippen molar-refractivity contribution in [3.05, 3.63) is 57.9 Å². The zero-order valence-electron chi connectivity index (χ0n) is 13.1. The van der Waals surface area contributed by atoms with E-state index in [-0.39, 0.29) is 5.91 Å². The van der Waals surface area contributed by atoms with Crippen molar-refractivity contribution in [3.8, 4) is 16.5 Å². The lowest BCUT2D eigenvalue weighted by atomic mass is 10.2. The van der Waals surface area contributed by atoms with Crippen LogP contribution in [0.4, 0.5) is 0 Å². The number of halogens is 1. The van der Waals surface area contributed by atoms with Crippen molar-refractivity contribution >= 4 is 33.2 Å². The molecule has 4 rings (SSSR count). The average molecular weight is 417 g/mol. The zero-order valence-corrected chi connectivity index (χ0v) is 15.5. The molecule has 0 N–H and O–H groups in total. The van der Waals surface area contributed by atoms with E-state index in [0.29, 0.717) is 36.1 Å². The summed E-state index contributed by atoms with van der Waals surface area (Å²) in [4.78, 5) is 27.3. The number of thiazole rings is 1. The van der Waals surface area contributed by atoms with Gasteiger partial charge in [0.1, 0.15) is 28.8 Å². The number of ether oxygens (including phenoxy) is 1. The van der Waals surface area contributed by atoms with Crippen molar-refractivity contribution < 1.29 is 9.53 Å². The van der Waals surface area contributed by atoms with Gasteiger partial charge < -0.3 is 9.64 Å². The molecule has 3 heterocycles. The fraction of sp³-hybridized carbons (Fsp3) is 0.176. The highest BCUT2D eigenvalue weighted by Gasteiger charge is 2.24. The minimum atomic E-state index is -0.112. The van der Waals surface area contributed by atoms with Gasteiger partial charge in [-0.05, 0) is 12.1 Å². The Kier molecular flexibility index (Phi) is 4.46. The first-order valence-electron chi connectivity index (χ1n) is 7.64. The van der Waals surface area contributed by atoms with E-state index < -0.39 is 0 Å². The Hall–Kier alpha value is -2.32. The number of fused-ring (bicyclic) bond motifs is 1. The Morgan fingerprint density at radius 2 is 2.24 bits per heavy atom. The molecule has 1 aliphatic rings. The van der Waals surface area contributed by atoms with Crippen LogP contribution in [0.1, 0.15) is 16.1 Å². The molecule has 0 fully saturated rings. The van der Waals surface area contributed by atoms with E-state index in [4.69, 9.17) is 4.74 Å². The van der Waals surface area contributed by atoms with Crippen LogP contribution in [0.25, 0.3) is 10.7 Å². The van der Waals surface area contributed by atoms with E-state index in [2.05, 4.69) is 30.9 Å². The first-order chi connectivity index (χ1) is 12.2. The molecule has 0 aliphatic carbocycles. The van der Waals surface area contributed by atoms with Crippen LogP contribution in [0.15, 0.2) is 46.6 Å². The van der Waals surface area contributed by atoms with E-state index in [9.17, 15) is 4.79 Å². The Morgan fingerprint density at radius 1 is 1.32 bits per heavy atom. The van der Waals surface area contributed by atoms with Gasteiger partial charge >= 0.3 is 0 Å². The normalized spacial score (nSPS) is 13.7.